The van der Waals surface area contributed by atoms with Gasteiger partial charge in [0.2, 0.25) is 10.0 Å². The first-order valence-electron chi connectivity index (χ1n) is 10.1. The molecule has 1 unspecified atom stereocenters. The Labute approximate surface area is 206 Å². The number of rotatable bonds is 8. The van der Waals surface area contributed by atoms with E-state index in [1.54, 1.807) is 19.1 Å². The summed E-state index contributed by atoms with van der Waals surface area (Å²) in [7, 11) is -5.72. The summed E-state index contributed by atoms with van der Waals surface area (Å²) in [6, 6.07) is 7.28. The second kappa shape index (κ2) is 9.91. The van der Waals surface area contributed by atoms with Gasteiger partial charge in [0.15, 0.2) is 0 Å². The maximum atomic E-state index is 13.5. The molecule has 34 heavy (non-hydrogen) atoms. The molecule has 2 aromatic carbocycles. The van der Waals surface area contributed by atoms with Crippen LogP contribution in [0.2, 0.25) is 5.02 Å². The largest absolute Gasteiger partial charge is 0.492 e. The molecule has 9 nitrogen and oxygen atoms in total. The van der Waals surface area contributed by atoms with Gasteiger partial charge < -0.3 is 10.1 Å². The quantitative estimate of drug-likeness (QED) is 0.270. The van der Waals surface area contributed by atoms with E-state index in [2.05, 4.69) is 20.0 Å². The molecule has 1 fully saturated rings. The van der Waals surface area contributed by atoms with Crippen LogP contribution in [0.3, 0.4) is 0 Å². The molecule has 1 saturated heterocycles. The number of nitrogens with one attached hydrogen (secondary N) is 2. The van der Waals surface area contributed by atoms with E-state index in [1.807, 2.05) is 0 Å². The van der Waals surface area contributed by atoms with Crippen molar-refractivity contribution >= 4 is 70.1 Å². The zero-order chi connectivity index (χ0) is 24.5. The normalized spacial score (nSPS) is 18.6. The van der Waals surface area contributed by atoms with Gasteiger partial charge in [0, 0.05) is 28.1 Å². The van der Waals surface area contributed by atoms with Gasteiger partial charge in [-0.05, 0) is 48.4 Å². The van der Waals surface area contributed by atoms with Crippen molar-refractivity contribution < 1.29 is 26.7 Å². The fourth-order valence-electron chi connectivity index (χ4n) is 3.41. The van der Waals surface area contributed by atoms with Gasteiger partial charge in [-0.15, -0.1) is 9.62 Å². The maximum absolute atomic E-state index is 13.5. The highest BCUT2D eigenvalue weighted by Crippen LogP contribution is 2.61. The number of fused-ring (bicyclic) bond motifs is 1. The molecule has 3 aromatic rings. The summed E-state index contributed by atoms with van der Waals surface area (Å²) in [5.41, 5.74) is 1.18. The average molecular weight is 549 g/mol. The molecule has 1 aromatic heterocycles. The van der Waals surface area contributed by atoms with Crippen LogP contribution in [-0.2, 0) is 10.0 Å². The van der Waals surface area contributed by atoms with Crippen molar-refractivity contribution in [3.8, 4) is 5.75 Å². The van der Waals surface area contributed by atoms with Crippen molar-refractivity contribution in [3.63, 3.8) is 0 Å². The SMILES string of the molecule is CCOc1cc2ncnc(Nc3ccc(F)c(Cl)c3)c2cc1NS(=O)(=O)CC1CCS(O)(O)S1. The van der Waals surface area contributed by atoms with Gasteiger partial charge >= 0.3 is 0 Å². The predicted octanol–water partition coefficient (Wildman–Crippen LogP) is 5.48. The molecule has 4 rings (SSSR count). The van der Waals surface area contributed by atoms with Crippen molar-refractivity contribution in [2.45, 2.75) is 18.6 Å². The van der Waals surface area contributed by atoms with Gasteiger partial charge in [0.25, 0.3) is 0 Å². The summed E-state index contributed by atoms with van der Waals surface area (Å²) in [5.74, 6) is -0.00767. The van der Waals surface area contributed by atoms with E-state index in [0.29, 0.717) is 35.4 Å². The lowest BCUT2D eigenvalue weighted by Gasteiger charge is -2.24. The second-order valence-electron chi connectivity index (χ2n) is 7.48. The Balaban J connectivity index is 1.67. The Bertz CT molecular complexity index is 1330. The summed E-state index contributed by atoms with van der Waals surface area (Å²) in [6.07, 6.45) is 1.73. The Morgan fingerprint density at radius 1 is 1.29 bits per heavy atom. The van der Waals surface area contributed by atoms with Gasteiger partial charge in [-0.25, -0.2) is 22.8 Å². The molecule has 0 saturated carbocycles. The fourth-order valence-corrected chi connectivity index (χ4v) is 9.75. The number of aromatic nitrogens is 2. The number of halogens is 2. The van der Waals surface area contributed by atoms with Crippen LogP contribution in [0.15, 0.2) is 36.7 Å². The van der Waals surface area contributed by atoms with Crippen LogP contribution in [0.1, 0.15) is 13.3 Å². The monoisotopic (exact) mass is 548 g/mol. The Morgan fingerprint density at radius 3 is 2.76 bits per heavy atom. The minimum atomic E-state index is -3.84. The molecule has 0 radical (unpaired) electrons. The molecule has 184 valence electrons. The lowest BCUT2D eigenvalue weighted by atomic mass is 10.2. The van der Waals surface area contributed by atoms with Crippen molar-refractivity contribution in [2.75, 3.05) is 28.2 Å². The predicted molar refractivity (Wildman–Crippen MR) is 137 cm³/mol. The molecule has 0 amide bonds. The number of sulfonamides is 1. The second-order valence-corrected chi connectivity index (χ2v) is 14.3. The zero-order valence-electron chi connectivity index (χ0n) is 17.9. The van der Waals surface area contributed by atoms with Crippen LogP contribution in [0.4, 0.5) is 21.6 Å². The number of anilines is 3. The van der Waals surface area contributed by atoms with E-state index in [0.717, 1.165) is 10.8 Å². The Kier molecular flexibility index (Phi) is 7.31. The number of nitrogens with zero attached hydrogens (tertiary/aromatic N) is 2. The zero-order valence-corrected chi connectivity index (χ0v) is 21.1. The molecule has 1 aliphatic rings. The minimum absolute atomic E-state index is 0.0585. The first kappa shape index (κ1) is 25.1. The van der Waals surface area contributed by atoms with E-state index >= 15 is 0 Å². The van der Waals surface area contributed by atoms with Crippen LogP contribution in [0.25, 0.3) is 10.9 Å². The van der Waals surface area contributed by atoms with E-state index in [-0.39, 0.29) is 28.0 Å². The highest BCUT2D eigenvalue weighted by molar-refractivity contribution is 8.90. The van der Waals surface area contributed by atoms with Gasteiger partial charge in [0.05, 0.1) is 28.6 Å². The van der Waals surface area contributed by atoms with Gasteiger partial charge in [-0.1, -0.05) is 11.6 Å². The maximum Gasteiger partial charge on any atom is 0.234 e. The summed E-state index contributed by atoms with van der Waals surface area (Å²) in [5, 5.41) is 3.05. The molecule has 0 bridgehead atoms. The van der Waals surface area contributed by atoms with Crippen molar-refractivity contribution in [1.82, 2.24) is 9.97 Å². The van der Waals surface area contributed by atoms with Crippen LogP contribution < -0.4 is 14.8 Å². The Hall–Kier alpha value is -2.03. The first-order chi connectivity index (χ1) is 16.0. The first-order valence-corrected chi connectivity index (χ1v) is 15.3. The molecule has 14 heteroatoms. The molecule has 2 heterocycles. The van der Waals surface area contributed by atoms with E-state index in [1.165, 1.54) is 24.5 Å². The average Bonchev–Trinajstić information content (AvgIpc) is 3.09. The Morgan fingerprint density at radius 2 is 2.09 bits per heavy atom. The third-order valence-corrected chi connectivity index (χ3v) is 10.7. The smallest absolute Gasteiger partial charge is 0.234 e. The molecule has 1 aliphatic heterocycles. The number of hydrogen-bond donors (Lipinski definition) is 4. The molecule has 0 spiro atoms. The van der Waals surface area contributed by atoms with Crippen LogP contribution in [0, 0.1) is 5.82 Å². The van der Waals surface area contributed by atoms with Crippen LogP contribution >= 0.6 is 32.0 Å². The topological polar surface area (TPSA) is 134 Å². The lowest BCUT2D eigenvalue weighted by Crippen LogP contribution is -2.23. The van der Waals surface area contributed by atoms with Gasteiger partial charge in [0.1, 0.15) is 23.7 Å². The van der Waals surface area contributed by atoms with Crippen molar-refractivity contribution in [1.29, 1.82) is 0 Å². The highest BCUT2D eigenvalue weighted by Gasteiger charge is 2.33. The number of hydrogen-bond acceptors (Lipinski definition) is 9. The summed E-state index contributed by atoms with van der Waals surface area (Å²) >= 11 is 5.87. The van der Waals surface area contributed by atoms with Gasteiger partial charge in [-0.3, -0.25) is 13.8 Å². The number of ether oxygens (including phenoxy) is 1. The summed E-state index contributed by atoms with van der Waals surface area (Å²) in [4.78, 5) is 8.48. The van der Waals surface area contributed by atoms with Crippen molar-refractivity contribution in [3.05, 3.63) is 47.5 Å². The van der Waals surface area contributed by atoms with E-state index in [4.69, 9.17) is 16.3 Å². The minimum Gasteiger partial charge on any atom is -0.492 e. The molecular weight excluding hydrogens is 527 g/mol. The number of benzene rings is 2. The highest BCUT2D eigenvalue weighted by atomic mass is 35.5. The summed E-state index contributed by atoms with van der Waals surface area (Å²) in [6.45, 7) is 2.07. The van der Waals surface area contributed by atoms with Crippen LogP contribution in [0.5, 0.6) is 5.75 Å². The van der Waals surface area contributed by atoms with E-state index < -0.39 is 30.7 Å². The lowest BCUT2D eigenvalue weighted by molar-refractivity contribution is 0.342. The summed E-state index contributed by atoms with van der Waals surface area (Å²) < 4.78 is 67.0. The molecular formula is C20H22ClFN4O5S3. The fraction of sp³-hybridized carbons (Fsp3) is 0.300. The van der Waals surface area contributed by atoms with E-state index in [9.17, 15) is 21.9 Å². The molecule has 0 aliphatic carbocycles. The van der Waals surface area contributed by atoms with Gasteiger partial charge in [-0.2, -0.15) is 0 Å². The molecule has 1 atom stereocenters. The third kappa shape index (κ3) is 5.96. The van der Waals surface area contributed by atoms with Crippen molar-refractivity contribution in [2.24, 2.45) is 0 Å². The standard InChI is InChI=1S/C20H22ClFN4O5S3/c1-2-31-19-9-17-14(20(24-11-23-17)25-12-3-4-16(22)15(21)7-12)8-18(19)26-33(27,28)10-13-5-6-34(29,30)32-13/h3-4,7-9,11,13,26,29-30H,2,5-6,10H2,1H3,(H,23,24,25). The molecule has 4 N–H and O–H groups in total. The van der Waals surface area contributed by atoms with Crippen LogP contribution in [-0.4, -0.2) is 50.9 Å². The third-order valence-electron chi connectivity index (χ3n) is 4.89.